The number of carbonyl (C=O) groups excluding carboxylic acids is 3. The third-order valence-electron chi connectivity index (χ3n) is 3.86. The van der Waals surface area contributed by atoms with E-state index in [4.69, 9.17) is 14.2 Å². The molecule has 27 heavy (non-hydrogen) atoms. The summed E-state index contributed by atoms with van der Waals surface area (Å²) in [7, 11) is 0. The van der Waals surface area contributed by atoms with E-state index < -0.39 is 22.3 Å². The lowest BCUT2D eigenvalue weighted by Gasteiger charge is -2.24. The minimum absolute atomic E-state index is 0.0969. The van der Waals surface area contributed by atoms with E-state index in [0.717, 1.165) is 0 Å². The third-order valence-corrected chi connectivity index (χ3v) is 3.86. The van der Waals surface area contributed by atoms with Crippen molar-refractivity contribution >= 4 is 23.9 Å². The lowest BCUT2D eigenvalue weighted by molar-refractivity contribution is -0.385. The minimum Gasteiger partial charge on any atom is -0.494 e. The molecule has 0 aliphatic heterocycles. The molecule has 9 nitrogen and oxygen atoms in total. The van der Waals surface area contributed by atoms with Gasteiger partial charge in [0.15, 0.2) is 11.7 Å². The molecular formula is C18H23NO8. The number of nitrogens with zero attached hydrogens (tertiary/aromatic N) is 1. The van der Waals surface area contributed by atoms with E-state index in [0.29, 0.717) is 12.7 Å². The fourth-order valence-corrected chi connectivity index (χ4v) is 2.37. The number of carbonyl (C=O) groups is 3. The van der Waals surface area contributed by atoms with E-state index >= 15 is 0 Å². The van der Waals surface area contributed by atoms with Gasteiger partial charge >= 0.3 is 11.9 Å². The molecule has 0 aliphatic carbocycles. The van der Waals surface area contributed by atoms with Gasteiger partial charge < -0.3 is 14.2 Å². The van der Waals surface area contributed by atoms with Crippen molar-refractivity contribution in [2.45, 2.75) is 33.6 Å². The Bertz CT molecular complexity index is 683. The zero-order valence-electron chi connectivity index (χ0n) is 15.6. The van der Waals surface area contributed by atoms with Gasteiger partial charge in [-0.25, -0.2) is 0 Å². The SMILES string of the molecule is CCOC(=O)C(C)(CCCOc1ccc([N+](=O)[O-])c(C=O)c1)C(=O)OCC. The van der Waals surface area contributed by atoms with Gasteiger partial charge in [-0.2, -0.15) is 0 Å². The summed E-state index contributed by atoms with van der Waals surface area (Å²) in [5.74, 6) is -1.05. The molecule has 0 radical (unpaired) electrons. The van der Waals surface area contributed by atoms with Gasteiger partial charge in [-0.05, 0) is 45.7 Å². The highest BCUT2D eigenvalue weighted by Gasteiger charge is 2.43. The molecule has 0 heterocycles. The summed E-state index contributed by atoms with van der Waals surface area (Å²) >= 11 is 0. The van der Waals surface area contributed by atoms with E-state index in [2.05, 4.69) is 0 Å². The van der Waals surface area contributed by atoms with Crippen LogP contribution in [0.5, 0.6) is 5.75 Å². The standard InChI is InChI=1S/C18H23NO8/c1-4-25-16(21)18(3,17(22)26-5-2)9-6-10-27-14-7-8-15(19(23)24)13(11-14)12-20/h7-8,11-12H,4-6,9-10H2,1-3H3. The molecule has 0 saturated heterocycles. The highest BCUT2D eigenvalue weighted by Crippen LogP contribution is 2.28. The van der Waals surface area contributed by atoms with Crippen molar-refractivity contribution in [2.24, 2.45) is 5.41 Å². The minimum atomic E-state index is -1.45. The topological polar surface area (TPSA) is 122 Å². The van der Waals surface area contributed by atoms with Crippen molar-refractivity contribution < 1.29 is 33.5 Å². The Labute approximate surface area is 156 Å². The van der Waals surface area contributed by atoms with Crippen LogP contribution in [0.1, 0.15) is 44.0 Å². The summed E-state index contributed by atoms with van der Waals surface area (Å²) in [4.78, 5) is 45.4. The van der Waals surface area contributed by atoms with Crippen LogP contribution in [0.2, 0.25) is 0 Å². The van der Waals surface area contributed by atoms with Gasteiger partial charge in [0.2, 0.25) is 0 Å². The number of esters is 2. The van der Waals surface area contributed by atoms with Crippen LogP contribution < -0.4 is 4.74 Å². The van der Waals surface area contributed by atoms with Crippen LogP contribution in [0.4, 0.5) is 5.69 Å². The van der Waals surface area contributed by atoms with Gasteiger partial charge in [0.1, 0.15) is 5.75 Å². The maximum absolute atomic E-state index is 12.2. The van der Waals surface area contributed by atoms with Crippen molar-refractivity contribution in [3.05, 3.63) is 33.9 Å². The first-order valence-corrected chi connectivity index (χ1v) is 8.51. The summed E-state index contributed by atoms with van der Waals surface area (Å²) < 4.78 is 15.4. The van der Waals surface area contributed by atoms with Crippen LogP contribution in [0, 0.1) is 15.5 Å². The number of benzene rings is 1. The normalized spacial score (nSPS) is 10.8. The van der Waals surface area contributed by atoms with Crippen molar-refractivity contribution in [1.29, 1.82) is 0 Å². The zero-order valence-corrected chi connectivity index (χ0v) is 15.6. The summed E-state index contributed by atoms with van der Waals surface area (Å²) in [6.45, 7) is 5.16. The molecule has 0 aliphatic rings. The molecule has 0 atom stereocenters. The van der Waals surface area contributed by atoms with E-state index in [-0.39, 0.29) is 43.2 Å². The van der Waals surface area contributed by atoms with Crippen LogP contribution in [0.15, 0.2) is 18.2 Å². The van der Waals surface area contributed by atoms with Crippen LogP contribution in [0.3, 0.4) is 0 Å². The number of ether oxygens (including phenoxy) is 3. The fraction of sp³-hybridized carbons (Fsp3) is 0.500. The molecule has 148 valence electrons. The Balaban J connectivity index is 2.73. The fourth-order valence-electron chi connectivity index (χ4n) is 2.37. The number of hydrogen-bond acceptors (Lipinski definition) is 8. The van der Waals surface area contributed by atoms with Gasteiger partial charge in [-0.3, -0.25) is 24.5 Å². The Morgan fingerprint density at radius 2 is 1.78 bits per heavy atom. The second kappa shape index (κ2) is 10.2. The molecular weight excluding hydrogens is 358 g/mol. The highest BCUT2D eigenvalue weighted by molar-refractivity contribution is 5.99. The van der Waals surface area contributed by atoms with Gasteiger partial charge in [-0.15, -0.1) is 0 Å². The molecule has 0 bridgehead atoms. The smallest absolute Gasteiger partial charge is 0.323 e. The van der Waals surface area contributed by atoms with Gasteiger partial charge in [0, 0.05) is 6.07 Å². The number of aldehydes is 1. The van der Waals surface area contributed by atoms with Crippen molar-refractivity contribution in [2.75, 3.05) is 19.8 Å². The molecule has 0 unspecified atom stereocenters. The van der Waals surface area contributed by atoms with Crippen LogP contribution in [-0.2, 0) is 19.1 Å². The molecule has 0 spiro atoms. The van der Waals surface area contributed by atoms with Gasteiger partial charge in [-0.1, -0.05) is 0 Å². The first kappa shape index (κ1) is 22.1. The van der Waals surface area contributed by atoms with E-state index in [1.54, 1.807) is 13.8 Å². The van der Waals surface area contributed by atoms with E-state index in [1.807, 2.05) is 0 Å². The van der Waals surface area contributed by atoms with Gasteiger partial charge in [0.25, 0.3) is 5.69 Å². The maximum atomic E-state index is 12.2. The molecule has 0 fully saturated rings. The first-order chi connectivity index (χ1) is 12.8. The molecule has 0 aromatic heterocycles. The monoisotopic (exact) mass is 381 g/mol. The van der Waals surface area contributed by atoms with Crippen LogP contribution in [0.25, 0.3) is 0 Å². The Kier molecular flexibility index (Phi) is 8.37. The average molecular weight is 381 g/mol. The predicted molar refractivity (Wildman–Crippen MR) is 94.6 cm³/mol. The highest BCUT2D eigenvalue weighted by atomic mass is 16.6. The number of hydrogen-bond donors (Lipinski definition) is 0. The number of rotatable bonds is 11. The summed E-state index contributed by atoms with van der Waals surface area (Å²) in [6, 6.07) is 3.82. The number of nitro groups is 1. The molecule has 1 rings (SSSR count). The molecule has 0 saturated carbocycles. The molecule has 9 heteroatoms. The first-order valence-electron chi connectivity index (χ1n) is 8.51. The molecule has 1 aromatic carbocycles. The molecule has 0 amide bonds. The Morgan fingerprint density at radius 1 is 1.19 bits per heavy atom. The lowest BCUT2D eigenvalue weighted by atomic mass is 9.85. The largest absolute Gasteiger partial charge is 0.494 e. The summed E-state index contributed by atoms with van der Waals surface area (Å²) in [5.41, 5.74) is -1.85. The third kappa shape index (κ3) is 5.77. The van der Waals surface area contributed by atoms with Crippen LogP contribution >= 0.6 is 0 Å². The quantitative estimate of drug-likeness (QED) is 0.143. The van der Waals surface area contributed by atoms with E-state index in [9.17, 15) is 24.5 Å². The van der Waals surface area contributed by atoms with Crippen molar-refractivity contribution in [1.82, 2.24) is 0 Å². The predicted octanol–water partition coefficient (Wildman–Crippen LogP) is 2.70. The number of nitro benzene ring substituents is 1. The second-order valence-corrected chi connectivity index (χ2v) is 5.82. The average Bonchev–Trinajstić information content (AvgIpc) is 2.64. The zero-order chi connectivity index (χ0) is 20.4. The van der Waals surface area contributed by atoms with Crippen molar-refractivity contribution in [3.8, 4) is 5.75 Å². The Hall–Kier alpha value is -2.97. The molecule has 0 N–H and O–H groups in total. The maximum Gasteiger partial charge on any atom is 0.323 e. The molecule has 1 aromatic rings. The summed E-state index contributed by atoms with van der Waals surface area (Å²) in [5, 5.41) is 10.8. The van der Waals surface area contributed by atoms with Gasteiger partial charge in [0.05, 0.1) is 30.3 Å². The van der Waals surface area contributed by atoms with Crippen molar-refractivity contribution in [3.63, 3.8) is 0 Å². The second-order valence-electron chi connectivity index (χ2n) is 5.82. The Morgan fingerprint density at radius 3 is 2.26 bits per heavy atom. The lowest BCUT2D eigenvalue weighted by Crippen LogP contribution is -2.39. The summed E-state index contributed by atoms with van der Waals surface area (Å²) in [6.07, 6.45) is 0.837. The van der Waals surface area contributed by atoms with E-state index in [1.165, 1.54) is 25.1 Å². The van der Waals surface area contributed by atoms with Crippen LogP contribution in [-0.4, -0.2) is 43.0 Å².